The van der Waals surface area contributed by atoms with Crippen LogP contribution in [0.25, 0.3) is 0 Å². The molecule has 0 fully saturated rings. The molecule has 2 aromatic rings. The molecule has 164 valence electrons. The van der Waals surface area contributed by atoms with Gasteiger partial charge in [0.15, 0.2) is 11.5 Å². The fourth-order valence-electron chi connectivity index (χ4n) is 2.81. The number of hydrogen-bond acceptors (Lipinski definition) is 8. The summed E-state index contributed by atoms with van der Waals surface area (Å²) in [5.41, 5.74) is -0.932. The maximum Gasteiger partial charge on any atom is 0.416 e. The number of alkyl halides is 3. The van der Waals surface area contributed by atoms with Crippen molar-refractivity contribution in [2.45, 2.75) is 25.9 Å². The highest BCUT2D eigenvalue weighted by molar-refractivity contribution is 5.84. The van der Waals surface area contributed by atoms with E-state index in [1.54, 1.807) is 19.1 Å². The van der Waals surface area contributed by atoms with E-state index in [4.69, 9.17) is 9.47 Å². The van der Waals surface area contributed by atoms with Gasteiger partial charge in [0.05, 0.1) is 15.4 Å². The number of ether oxygens (including phenoxy) is 2. The Kier molecular flexibility index (Phi) is 5.95. The summed E-state index contributed by atoms with van der Waals surface area (Å²) in [6.07, 6.45) is -4.11. The Morgan fingerprint density at radius 2 is 1.71 bits per heavy atom. The number of aryl methyl sites for hydroxylation is 1. The van der Waals surface area contributed by atoms with Crippen molar-refractivity contribution < 1.29 is 32.5 Å². The standard InChI is InChI=1S/C18H15F3N4O6/c1-10(2-3-11-4-5-15-16(6-11)31-9-30-15)22-23-17-13(24(26)27)7-12(18(19,20)21)8-14(17)25(28)29/h4-8,23H,2-3,9H2,1H3/b22-10+. The van der Waals surface area contributed by atoms with Crippen molar-refractivity contribution in [1.29, 1.82) is 0 Å². The molecule has 0 amide bonds. The number of anilines is 1. The van der Waals surface area contributed by atoms with Crippen LogP contribution in [-0.4, -0.2) is 22.4 Å². The second-order valence-corrected chi connectivity index (χ2v) is 6.55. The van der Waals surface area contributed by atoms with Crippen molar-refractivity contribution in [1.82, 2.24) is 0 Å². The van der Waals surface area contributed by atoms with E-state index in [1.165, 1.54) is 0 Å². The van der Waals surface area contributed by atoms with Gasteiger partial charge in [-0.05, 0) is 37.5 Å². The Bertz CT molecular complexity index is 1040. The third kappa shape index (κ3) is 4.99. The first-order valence-corrected chi connectivity index (χ1v) is 8.78. The molecule has 3 rings (SSSR count). The minimum absolute atomic E-state index is 0.133. The number of nitrogens with zero attached hydrogens (tertiary/aromatic N) is 3. The van der Waals surface area contributed by atoms with E-state index in [0.717, 1.165) is 5.56 Å². The third-order valence-electron chi connectivity index (χ3n) is 4.39. The fourth-order valence-corrected chi connectivity index (χ4v) is 2.81. The molecule has 0 unspecified atom stereocenters. The molecule has 1 aliphatic rings. The number of hydrazone groups is 1. The van der Waals surface area contributed by atoms with Crippen LogP contribution in [0.3, 0.4) is 0 Å². The lowest BCUT2D eigenvalue weighted by atomic mass is 10.1. The van der Waals surface area contributed by atoms with Crippen molar-refractivity contribution in [3.63, 3.8) is 0 Å². The normalized spacial score (nSPS) is 13.2. The maximum absolute atomic E-state index is 13.0. The molecule has 1 heterocycles. The van der Waals surface area contributed by atoms with Crippen molar-refractivity contribution in [2.24, 2.45) is 5.10 Å². The number of nitro benzene ring substituents is 2. The van der Waals surface area contributed by atoms with E-state index in [0.29, 0.717) is 30.1 Å². The van der Waals surface area contributed by atoms with E-state index < -0.39 is 38.6 Å². The highest BCUT2D eigenvalue weighted by atomic mass is 19.4. The second kappa shape index (κ2) is 8.45. The van der Waals surface area contributed by atoms with Gasteiger partial charge in [-0.2, -0.15) is 18.3 Å². The minimum Gasteiger partial charge on any atom is -0.454 e. The van der Waals surface area contributed by atoms with Gasteiger partial charge >= 0.3 is 17.6 Å². The number of hydrogen-bond donors (Lipinski definition) is 1. The Balaban J connectivity index is 1.81. The fraction of sp³-hybridized carbons (Fsp3) is 0.278. The SMILES string of the molecule is C/C(CCc1ccc2c(c1)OCO2)=N\Nc1c([N+](=O)[O-])cc(C(F)(F)F)cc1[N+](=O)[O-]. The van der Waals surface area contributed by atoms with Gasteiger partial charge in [0.25, 0.3) is 0 Å². The van der Waals surface area contributed by atoms with Crippen LogP contribution < -0.4 is 14.9 Å². The summed E-state index contributed by atoms with van der Waals surface area (Å²) in [5, 5.41) is 26.3. The molecule has 2 aromatic carbocycles. The van der Waals surface area contributed by atoms with Gasteiger partial charge < -0.3 is 9.47 Å². The average molecular weight is 440 g/mol. The van der Waals surface area contributed by atoms with Gasteiger partial charge in [0.1, 0.15) is 0 Å². The Hall–Kier alpha value is -3.90. The van der Waals surface area contributed by atoms with Crippen LogP contribution in [0.1, 0.15) is 24.5 Å². The molecule has 0 bridgehead atoms. The molecule has 1 N–H and O–H groups in total. The molecule has 0 saturated carbocycles. The highest BCUT2D eigenvalue weighted by Gasteiger charge is 2.37. The largest absolute Gasteiger partial charge is 0.454 e. The van der Waals surface area contributed by atoms with Crippen LogP contribution in [0.4, 0.5) is 30.2 Å². The Morgan fingerprint density at radius 3 is 2.29 bits per heavy atom. The van der Waals surface area contributed by atoms with Gasteiger partial charge in [0.2, 0.25) is 12.5 Å². The summed E-state index contributed by atoms with van der Waals surface area (Å²) in [7, 11) is 0. The summed E-state index contributed by atoms with van der Waals surface area (Å²) in [4.78, 5) is 20.2. The van der Waals surface area contributed by atoms with Crippen molar-refractivity contribution >= 4 is 22.8 Å². The summed E-state index contributed by atoms with van der Waals surface area (Å²) in [5.74, 6) is 1.22. The summed E-state index contributed by atoms with van der Waals surface area (Å²) in [6.45, 7) is 1.70. The number of nitrogens with one attached hydrogen (secondary N) is 1. The molecule has 1 aliphatic heterocycles. The highest BCUT2D eigenvalue weighted by Crippen LogP contribution is 2.41. The van der Waals surface area contributed by atoms with E-state index in [-0.39, 0.29) is 18.9 Å². The van der Waals surface area contributed by atoms with Gasteiger partial charge in [-0.25, -0.2) is 0 Å². The lowest BCUT2D eigenvalue weighted by molar-refractivity contribution is -0.392. The molecule has 0 saturated heterocycles. The van der Waals surface area contributed by atoms with Crippen LogP contribution in [0.15, 0.2) is 35.4 Å². The third-order valence-corrected chi connectivity index (χ3v) is 4.39. The average Bonchev–Trinajstić information content (AvgIpc) is 3.17. The van der Waals surface area contributed by atoms with E-state index in [1.807, 2.05) is 6.07 Å². The molecule has 0 aliphatic carbocycles. The van der Waals surface area contributed by atoms with Crippen molar-refractivity contribution in [3.05, 3.63) is 61.7 Å². The Morgan fingerprint density at radius 1 is 1.10 bits per heavy atom. The lowest BCUT2D eigenvalue weighted by Crippen LogP contribution is -2.10. The molecule has 13 heteroatoms. The number of rotatable bonds is 7. The van der Waals surface area contributed by atoms with Gasteiger partial charge in [-0.3, -0.25) is 25.7 Å². The van der Waals surface area contributed by atoms with Crippen molar-refractivity contribution in [3.8, 4) is 11.5 Å². The second-order valence-electron chi connectivity index (χ2n) is 6.55. The lowest BCUT2D eigenvalue weighted by Gasteiger charge is -2.10. The number of benzene rings is 2. The van der Waals surface area contributed by atoms with Crippen LogP contribution in [0.2, 0.25) is 0 Å². The summed E-state index contributed by atoms with van der Waals surface area (Å²) >= 11 is 0. The molecular formula is C18H15F3N4O6. The predicted octanol–water partition coefficient (Wildman–Crippen LogP) is 4.67. The zero-order valence-corrected chi connectivity index (χ0v) is 15.9. The molecule has 0 radical (unpaired) electrons. The van der Waals surface area contributed by atoms with E-state index in [9.17, 15) is 33.4 Å². The predicted molar refractivity (Wildman–Crippen MR) is 102 cm³/mol. The van der Waals surface area contributed by atoms with Crippen LogP contribution in [-0.2, 0) is 12.6 Å². The molecule has 0 aromatic heterocycles. The van der Waals surface area contributed by atoms with Gasteiger partial charge in [0, 0.05) is 17.8 Å². The first-order valence-electron chi connectivity index (χ1n) is 8.78. The van der Waals surface area contributed by atoms with Crippen LogP contribution in [0, 0.1) is 20.2 Å². The summed E-state index contributed by atoms with van der Waals surface area (Å²) in [6, 6.07) is 5.81. The molecule has 10 nitrogen and oxygen atoms in total. The van der Waals surface area contributed by atoms with Crippen LogP contribution >= 0.6 is 0 Å². The van der Waals surface area contributed by atoms with Crippen molar-refractivity contribution in [2.75, 3.05) is 12.2 Å². The molecular weight excluding hydrogens is 425 g/mol. The monoisotopic (exact) mass is 440 g/mol. The topological polar surface area (TPSA) is 129 Å². The zero-order valence-electron chi connectivity index (χ0n) is 15.9. The summed E-state index contributed by atoms with van der Waals surface area (Å²) < 4.78 is 49.4. The molecule has 31 heavy (non-hydrogen) atoms. The molecule has 0 atom stereocenters. The maximum atomic E-state index is 13.0. The number of halogens is 3. The van der Waals surface area contributed by atoms with Crippen LogP contribution in [0.5, 0.6) is 11.5 Å². The quantitative estimate of drug-likeness (QED) is 0.376. The smallest absolute Gasteiger partial charge is 0.416 e. The Labute approximate surface area is 172 Å². The van der Waals surface area contributed by atoms with Gasteiger partial charge in [-0.1, -0.05) is 6.07 Å². The van der Waals surface area contributed by atoms with E-state index >= 15 is 0 Å². The van der Waals surface area contributed by atoms with Gasteiger partial charge in [-0.15, -0.1) is 0 Å². The molecule has 0 spiro atoms. The first-order chi connectivity index (χ1) is 14.6. The zero-order chi connectivity index (χ0) is 22.8. The minimum atomic E-state index is -4.99. The first kappa shape index (κ1) is 21.8. The number of nitro groups is 2. The van der Waals surface area contributed by atoms with E-state index in [2.05, 4.69) is 10.5 Å². The number of fused-ring (bicyclic) bond motifs is 1.